The van der Waals surface area contributed by atoms with E-state index in [0.717, 1.165) is 18.4 Å². The first-order chi connectivity index (χ1) is 12.6. The molecule has 1 fully saturated rings. The van der Waals surface area contributed by atoms with Crippen molar-refractivity contribution in [2.45, 2.75) is 25.8 Å². The average molecular weight is 355 g/mol. The first-order valence-corrected chi connectivity index (χ1v) is 8.74. The highest BCUT2D eigenvalue weighted by Crippen LogP contribution is 2.42. The quantitative estimate of drug-likeness (QED) is 0.818. The number of hydrogen-bond acceptors (Lipinski definition) is 4. The van der Waals surface area contributed by atoms with Crippen LogP contribution in [0.15, 0.2) is 36.4 Å². The molecule has 1 aliphatic rings. The number of hydrogen-bond donors (Lipinski definition) is 1. The lowest BCUT2D eigenvalue weighted by molar-refractivity contribution is 0.0931. The SMILES string of the molecule is COc1cc(C(=O)NC(c2ccc(C)cc2)C2CC2)cc(OC)c1OC. The van der Waals surface area contributed by atoms with Crippen molar-refractivity contribution in [1.82, 2.24) is 5.32 Å². The Hall–Kier alpha value is -2.69. The number of amides is 1. The van der Waals surface area contributed by atoms with Crippen LogP contribution in [0.2, 0.25) is 0 Å². The van der Waals surface area contributed by atoms with E-state index in [0.29, 0.717) is 28.7 Å². The molecule has 0 bridgehead atoms. The summed E-state index contributed by atoms with van der Waals surface area (Å²) in [5.41, 5.74) is 2.83. The lowest BCUT2D eigenvalue weighted by Crippen LogP contribution is -2.30. The molecule has 0 heterocycles. The van der Waals surface area contributed by atoms with Crippen molar-refractivity contribution in [2.75, 3.05) is 21.3 Å². The standard InChI is InChI=1S/C21H25NO4/c1-13-5-7-14(8-6-13)19(15-9-10-15)22-21(23)16-11-17(24-2)20(26-4)18(12-16)25-3/h5-8,11-12,15,19H,9-10H2,1-4H3,(H,22,23). The van der Waals surface area contributed by atoms with E-state index in [-0.39, 0.29) is 11.9 Å². The van der Waals surface area contributed by atoms with Crippen molar-refractivity contribution in [3.63, 3.8) is 0 Å². The normalized spacial score (nSPS) is 14.5. The van der Waals surface area contributed by atoms with E-state index in [4.69, 9.17) is 14.2 Å². The fraction of sp³-hybridized carbons (Fsp3) is 0.381. The second-order valence-corrected chi connectivity index (χ2v) is 6.61. The van der Waals surface area contributed by atoms with E-state index in [1.54, 1.807) is 19.2 Å². The molecule has 0 radical (unpaired) electrons. The third-order valence-corrected chi connectivity index (χ3v) is 4.74. The van der Waals surface area contributed by atoms with Gasteiger partial charge in [0.05, 0.1) is 27.4 Å². The molecule has 3 rings (SSSR count). The van der Waals surface area contributed by atoms with Crippen LogP contribution in [0.4, 0.5) is 0 Å². The van der Waals surface area contributed by atoms with Crippen molar-refractivity contribution in [1.29, 1.82) is 0 Å². The Morgan fingerprint density at radius 3 is 2.04 bits per heavy atom. The molecule has 1 atom stereocenters. The number of rotatable bonds is 7. The highest BCUT2D eigenvalue weighted by atomic mass is 16.5. The fourth-order valence-corrected chi connectivity index (χ4v) is 3.11. The summed E-state index contributed by atoms with van der Waals surface area (Å²) in [5, 5.41) is 3.18. The van der Waals surface area contributed by atoms with Gasteiger partial charge in [0, 0.05) is 5.56 Å². The molecule has 5 nitrogen and oxygen atoms in total. The molecular formula is C21H25NO4. The van der Waals surface area contributed by atoms with Gasteiger partial charge in [-0.2, -0.15) is 0 Å². The van der Waals surface area contributed by atoms with Gasteiger partial charge in [0.1, 0.15) is 0 Å². The lowest BCUT2D eigenvalue weighted by Gasteiger charge is -2.20. The minimum Gasteiger partial charge on any atom is -0.493 e. The van der Waals surface area contributed by atoms with Crippen LogP contribution >= 0.6 is 0 Å². The molecule has 138 valence electrons. The Labute approximate surface area is 154 Å². The highest BCUT2D eigenvalue weighted by molar-refractivity contribution is 5.96. The monoisotopic (exact) mass is 355 g/mol. The van der Waals surface area contributed by atoms with Crippen molar-refractivity contribution < 1.29 is 19.0 Å². The van der Waals surface area contributed by atoms with Gasteiger partial charge in [-0.3, -0.25) is 4.79 Å². The summed E-state index contributed by atoms with van der Waals surface area (Å²) in [5.74, 6) is 1.75. The molecule has 1 saturated carbocycles. The summed E-state index contributed by atoms with van der Waals surface area (Å²) in [7, 11) is 4.62. The van der Waals surface area contributed by atoms with Crippen LogP contribution in [0.1, 0.15) is 40.4 Å². The summed E-state index contributed by atoms with van der Waals surface area (Å²) in [4.78, 5) is 12.9. The third kappa shape index (κ3) is 3.77. The maximum absolute atomic E-state index is 12.9. The van der Waals surface area contributed by atoms with Crippen LogP contribution in [-0.4, -0.2) is 27.2 Å². The predicted molar refractivity (Wildman–Crippen MR) is 100 cm³/mol. The van der Waals surface area contributed by atoms with Gasteiger partial charge in [-0.1, -0.05) is 29.8 Å². The molecular weight excluding hydrogens is 330 g/mol. The summed E-state index contributed by atoms with van der Waals surface area (Å²) in [6, 6.07) is 11.7. The fourth-order valence-electron chi connectivity index (χ4n) is 3.11. The third-order valence-electron chi connectivity index (χ3n) is 4.74. The molecule has 1 N–H and O–H groups in total. The zero-order chi connectivity index (χ0) is 18.7. The molecule has 1 aliphatic carbocycles. The lowest BCUT2D eigenvalue weighted by atomic mass is 10.0. The number of methoxy groups -OCH3 is 3. The molecule has 0 aromatic heterocycles. The molecule has 0 aliphatic heterocycles. The minimum absolute atomic E-state index is 0.0159. The van der Waals surface area contributed by atoms with Gasteiger partial charge >= 0.3 is 0 Å². The van der Waals surface area contributed by atoms with Crippen LogP contribution in [-0.2, 0) is 0 Å². The van der Waals surface area contributed by atoms with Gasteiger partial charge in [0.15, 0.2) is 11.5 Å². The maximum Gasteiger partial charge on any atom is 0.252 e. The Morgan fingerprint density at radius 1 is 1.00 bits per heavy atom. The van der Waals surface area contributed by atoms with Gasteiger partial charge in [0.2, 0.25) is 5.75 Å². The van der Waals surface area contributed by atoms with E-state index in [2.05, 4.69) is 36.5 Å². The number of ether oxygens (including phenoxy) is 3. The zero-order valence-corrected chi connectivity index (χ0v) is 15.7. The summed E-state index contributed by atoms with van der Waals surface area (Å²) in [6.07, 6.45) is 2.27. The molecule has 1 unspecified atom stereocenters. The van der Waals surface area contributed by atoms with Crippen molar-refractivity contribution in [3.8, 4) is 17.2 Å². The largest absolute Gasteiger partial charge is 0.493 e. The van der Waals surface area contributed by atoms with Crippen LogP contribution in [0.5, 0.6) is 17.2 Å². The highest BCUT2D eigenvalue weighted by Gasteiger charge is 2.33. The Bertz CT molecular complexity index is 756. The van der Waals surface area contributed by atoms with E-state index in [9.17, 15) is 4.79 Å². The smallest absolute Gasteiger partial charge is 0.252 e. The molecule has 2 aromatic rings. The van der Waals surface area contributed by atoms with Gasteiger partial charge in [-0.25, -0.2) is 0 Å². The second kappa shape index (κ2) is 7.68. The molecule has 1 amide bonds. The van der Waals surface area contributed by atoms with E-state index in [1.807, 2.05) is 0 Å². The van der Waals surface area contributed by atoms with Crippen LogP contribution < -0.4 is 19.5 Å². The van der Waals surface area contributed by atoms with E-state index >= 15 is 0 Å². The Balaban J connectivity index is 1.87. The van der Waals surface area contributed by atoms with Gasteiger partial charge in [-0.15, -0.1) is 0 Å². The molecule has 5 heteroatoms. The summed E-state index contributed by atoms with van der Waals surface area (Å²) < 4.78 is 16.0. The first-order valence-electron chi connectivity index (χ1n) is 8.74. The number of carbonyl (C=O) groups is 1. The molecule has 0 spiro atoms. The van der Waals surface area contributed by atoms with Gasteiger partial charge < -0.3 is 19.5 Å². The van der Waals surface area contributed by atoms with Crippen LogP contribution in [0.3, 0.4) is 0 Å². The number of aryl methyl sites for hydroxylation is 1. The predicted octanol–water partition coefficient (Wildman–Crippen LogP) is 3.90. The maximum atomic E-state index is 12.9. The molecule has 2 aromatic carbocycles. The van der Waals surface area contributed by atoms with E-state index in [1.165, 1.54) is 19.8 Å². The van der Waals surface area contributed by atoms with Crippen molar-refractivity contribution >= 4 is 5.91 Å². The van der Waals surface area contributed by atoms with Crippen molar-refractivity contribution in [2.24, 2.45) is 5.92 Å². The van der Waals surface area contributed by atoms with Gasteiger partial charge in [-0.05, 0) is 43.4 Å². The van der Waals surface area contributed by atoms with Crippen LogP contribution in [0.25, 0.3) is 0 Å². The average Bonchev–Trinajstić information content (AvgIpc) is 3.50. The van der Waals surface area contributed by atoms with E-state index < -0.39 is 0 Å². The van der Waals surface area contributed by atoms with Crippen molar-refractivity contribution in [3.05, 3.63) is 53.1 Å². The summed E-state index contributed by atoms with van der Waals surface area (Å²) in [6.45, 7) is 2.06. The number of benzene rings is 2. The first kappa shape index (κ1) is 18.1. The van der Waals surface area contributed by atoms with Crippen LogP contribution in [0, 0.1) is 12.8 Å². The Morgan fingerprint density at radius 2 is 1.58 bits per heavy atom. The zero-order valence-electron chi connectivity index (χ0n) is 15.7. The number of nitrogens with one attached hydrogen (secondary N) is 1. The topological polar surface area (TPSA) is 56.8 Å². The molecule has 26 heavy (non-hydrogen) atoms. The summed E-state index contributed by atoms with van der Waals surface area (Å²) >= 11 is 0. The van der Waals surface area contributed by atoms with Gasteiger partial charge in [0.25, 0.3) is 5.91 Å². The number of carbonyl (C=O) groups excluding carboxylic acids is 1. The molecule has 0 saturated heterocycles. The minimum atomic E-state index is -0.151. The Kier molecular flexibility index (Phi) is 5.35. The second-order valence-electron chi connectivity index (χ2n) is 6.61.